The van der Waals surface area contributed by atoms with E-state index in [1.807, 2.05) is 6.07 Å². The van der Waals surface area contributed by atoms with Crippen LogP contribution in [0.4, 0.5) is 5.95 Å². The first-order valence-electron chi connectivity index (χ1n) is 6.52. The van der Waals surface area contributed by atoms with Crippen LogP contribution in [0.15, 0.2) is 22.7 Å². The van der Waals surface area contributed by atoms with Gasteiger partial charge < -0.3 is 10.6 Å². The van der Waals surface area contributed by atoms with E-state index >= 15 is 0 Å². The Morgan fingerprint density at radius 3 is 2.85 bits per heavy atom. The van der Waals surface area contributed by atoms with Gasteiger partial charge in [-0.05, 0) is 53.6 Å². The van der Waals surface area contributed by atoms with Crippen LogP contribution in [-0.2, 0) is 0 Å². The summed E-state index contributed by atoms with van der Waals surface area (Å²) in [6, 6.07) is 6.48. The number of hydrogen-bond donors (Lipinski definition) is 2. The Hall–Kier alpha value is -0.670. The first-order chi connectivity index (χ1) is 9.63. The van der Waals surface area contributed by atoms with Crippen LogP contribution in [0.3, 0.4) is 0 Å². The van der Waals surface area contributed by atoms with Gasteiger partial charge in [0.05, 0.1) is 0 Å². The zero-order valence-corrected chi connectivity index (χ0v) is 14.6. The van der Waals surface area contributed by atoms with Gasteiger partial charge in [-0.1, -0.05) is 15.9 Å². The van der Waals surface area contributed by atoms with Crippen molar-refractivity contribution in [3.05, 3.63) is 26.2 Å². The van der Waals surface area contributed by atoms with Gasteiger partial charge in [-0.2, -0.15) is 4.98 Å². The van der Waals surface area contributed by atoms with Gasteiger partial charge in [-0.15, -0.1) is 5.10 Å². The van der Waals surface area contributed by atoms with Crippen LogP contribution in [0.2, 0.25) is 0 Å². The maximum atomic E-state index is 5.93. The summed E-state index contributed by atoms with van der Waals surface area (Å²) in [4.78, 5) is 6.80. The van der Waals surface area contributed by atoms with E-state index < -0.39 is 0 Å². The van der Waals surface area contributed by atoms with Gasteiger partial charge in [0, 0.05) is 32.7 Å². The normalized spacial score (nSPS) is 16.6. The highest BCUT2D eigenvalue weighted by atomic mass is 127. The van der Waals surface area contributed by atoms with Crippen molar-refractivity contribution >= 4 is 44.5 Å². The van der Waals surface area contributed by atoms with Crippen LogP contribution in [-0.4, -0.2) is 34.3 Å². The number of aromatic nitrogens is 3. The molecule has 20 heavy (non-hydrogen) atoms. The van der Waals surface area contributed by atoms with Crippen LogP contribution in [0, 0.1) is 3.57 Å². The number of benzene rings is 1. The summed E-state index contributed by atoms with van der Waals surface area (Å²) in [5.74, 6) is 1.55. The van der Waals surface area contributed by atoms with E-state index in [0.29, 0.717) is 6.04 Å². The van der Waals surface area contributed by atoms with Gasteiger partial charge in [0.1, 0.15) is 0 Å². The maximum absolute atomic E-state index is 5.93. The Labute approximate surface area is 139 Å². The van der Waals surface area contributed by atoms with Gasteiger partial charge >= 0.3 is 0 Å². The van der Waals surface area contributed by atoms with Crippen LogP contribution in [0.25, 0.3) is 11.4 Å². The molecule has 1 aromatic heterocycles. The molecule has 1 aromatic carbocycles. The molecular formula is C13H15BrIN5. The Bertz CT molecular complexity index is 607. The molecule has 0 radical (unpaired) electrons. The fourth-order valence-corrected chi connectivity index (χ4v) is 3.22. The summed E-state index contributed by atoms with van der Waals surface area (Å²) in [5, 5.41) is 7.37. The second kappa shape index (κ2) is 5.98. The van der Waals surface area contributed by atoms with Crippen molar-refractivity contribution in [2.75, 3.05) is 18.0 Å². The van der Waals surface area contributed by atoms with E-state index in [1.165, 1.54) is 3.57 Å². The van der Waals surface area contributed by atoms with E-state index in [-0.39, 0.29) is 0 Å². The fraction of sp³-hybridized carbons (Fsp3) is 0.385. The highest BCUT2D eigenvalue weighted by molar-refractivity contribution is 14.1. The van der Waals surface area contributed by atoms with Gasteiger partial charge in [-0.25, -0.2) is 0 Å². The Balaban J connectivity index is 1.85. The summed E-state index contributed by atoms with van der Waals surface area (Å²) < 4.78 is 2.18. The number of aromatic amines is 1. The lowest BCUT2D eigenvalue weighted by Gasteiger charge is -2.28. The van der Waals surface area contributed by atoms with E-state index in [4.69, 9.17) is 5.73 Å². The molecule has 0 spiro atoms. The number of nitrogens with one attached hydrogen (secondary N) is 1. The fourth-order valence-electron chi connectivity index (χ4n) is 2.29. The molecule has 7 heteroatoms. The van der Waals surface area contributed by atoms with Crippen molar-refractivity contribution in [2.24, 2.45) is 5.73 Å². The van der Waals surface area contributed by atoms with Gasteiger partial charge in [0.2, 0.25) is 5.95 Å². The number of H-pyrrole nitrogens is 1. The standard InChI is InChI=1S/C13H15BrIN5/c14-11-2-1-8(15)7-10(11)12-17-13(19-18-12)20-5-3-9(16)4-6-20/h1-2,7,9H,3-6,16H2,(H,17,18,19). The molecular weight excluding hydrogens is 433 g/mol. The summed E-state index contributed by atoms with van der Waals surface area (Å²) in [6.07, 6.45) is 1.99. The Morgan fingerprint density at radius 2 is 2.10 bits per heavy atom. The van der Waals surface area contributed by atoms with Crippen molar-refractivity contribution < 1.29 is 0 Å². The molecule has 2 aromatic rings. The minimum absolute atomic E-state index is 0.314. The number of hydrogen-bond acceptors (Lipinski definition) is 4. The number of nitrogens with zero attached hydrogens (tertiary/aromatic N) is 3. The average molecular weight is 448 g/mol. The quantitative estimate of drug-likeness (QED) is 0.694. The van der Waals surface area contributed by atoms with Crippen LogP contribution < -0.4 is 10.6 Å². The van der Waals surface area contributed by atoms with Crippen LogP contribution in [0.1, 0.15) is 12.8 Å². The van der Waals surface area contributed by atoms with Gasteiger partial charge in [-0.3, -0.25) is 5.10 Å². The van der Waals surface area contributed by atoms with Crippen molar-refractivity contribution in [2.45, 2.75) is 18.9 Å². The second-order valence-electron chi connectivity index (χ2n) is 4.93. The average Bonchev–Trinajstić information content (AvgIpc) is 2.92. The topological polar surface area (TPSA) is 70.8 Å². The molecule has 1 aliphatic heterocycles. The monoisotopic (exact) mass is 447 g/mol. The third-order valence-corrected chi connectivity index (χ3v) is 4.84. The van der Waals surface area contributed by atoms with Gasteiger partial charge in [0.25, 0.3) is 0 Å². The highest BCUT2D eigenvalue weighted by Crippen LogP contribution is 2.28. The third-order valence-electron chi connectivity index (χ3n) is 3.48. The first-order valence-corrected chi connectivity index (χ1v) is 8.39. The van der Waals surface area contributed by atoms with E-state index in [1.54, 1.807) is 0 Å². The first kappa shape index (κ1) is 14.3. The van der Waals surface area contributed by atoms with E-state index in [2.05, 4.69) is 70.7 Å². The zero-order valence-electron chi connectivity index (χ0n) is 10.8. The van der Waals surface area contributed by atoms with Crippen LogP contribution in [0.5, 0.6) is 0 Å². The molecule has 0 aliphatic carbocycles. The maximum Gasteiger partial charge on any atom is 0.245 e. The molecule has 0 unspecified atom stereocenters. The number of piperidine rings is 1. The zero-order chi connectivity index (χ0) is 14.1. The lowest BCUT2D eigenvalue weighted by atomic mass is 10.1. The van der Waals surface area contributed by atoms with Crippen LogP contribution >= 0.6 is 38.5 Å². The summed E-state index contributed by atoms with van der Waals surface area (Å²) in [5.41, 5.74) is 6.96. The number of nitrogens with two attached hydrogens (primary N) is 1. The largest absolute Gasteiger partial charge is 0.339 e. The molecule has 1 saturated heterocycles. The lowest BCUT2D eigenvalue weighted by Crippen LogP contribution is -2.40. The van der Waals surface area contributed by atoms with Crippen molar-refractivity contribution in [3.63, 3.8) is 0 Å². The SMILES string of the molecule is NC1CCN(c2n[nH]c(-c3cc(I)ccc3Br)n2)CC1. The second-order valence-corrected chi connectivity index (χ2v) is 7.03. The van der Waals surface area contributed by atoms with Crippen molar-refractivity contribution in [3.8, 4) is 11.4 Å². The third kappa shape index (κ3) is 2.99. The molecule has 3 rings (SSSR count). The molecule has 0 bridgehead atoms. The smallest absolute Gasteiger partial charge is 0.245 e. The molecule has 5 nitrogen and oxygen atoms in total. The number of anilines is 1. The Morgan fingerprint density at radius 1 is 1.35 bits per heavy atom. The molecule has 1 fully saturated rings. The predicted octanol–water partition coefficient (Wildman–Crippen LogP) is 2.77. The molecule has 0 saturated carbocycles. The number of rotatable bonds is 2. The van der Waals surface area contributed by atoms with Gasteiger partial charge in [0.15, 0.2) is 5.82 Å². The van der Waals surface area contributed by atoms with Crippen molar-refractivity contribution in [1.29, 1.82) is 0 Å². The summed E-state index contributed by atoms with van der Waals surface area (Å²) in [7, 11) is 0. The highest BCUT2D eigenvalue weighted by Gasteiger charge is 2.20. The van der Waals surface area contributed by atoms with E-state index in [0.717, 1.165) is 47.7 Å². The molecule has 0 amide bonds. The minimum atomic E-state index is 0.314. The summed E-state index contributed by atoms with van der Waals surface area (Å²) in [6.45, 7) is 1.85. The molecule has 2 heterocycles. The number of halogens is 2. The predicted molar refractivity (Wildman–Crippen MR) is 91.7 cm³/mol. The van der Waals surface area contributed by atoms with E-state index in [9.17, 15) is 0 Å². The molecule has 0 atom stereocenters. The lowest BCUT2D eigenvalue weighted by molar-refractivity contribution is 0.496. The minimum Gasteiger partial charge on any atom is -0.339 e. The van der Waals surface area contributed by atoms with Crippen molar-refractivity contribution in [1.82, 2.24) is 15.2 Å². The molecule has 1 aliphatic rings. The summed E-state index contributed by atoms with van der Waals surface area (Å²) >= 11 is 5.85. The molecule has 3 N–H and O–H groups in total. The molecule has 106 valence electrons. The Kier molecular flexibility index (Phi) is 4.27.